The number of thiophene rings is 1. The SMILES string of the molecule is Cc1ccsc1C(O)CNC(=O)c1cc(Br)ccc1Cl. The predicted molar refractivity (Wildman–Crippen MR) is 85.5 cm³/mol. The summed E-state index contributed by atoms with van der Waals surface area (Å²) >= 11 is 10.8. The van der Waals surface area contributed by atoms with Crippen LogP contribution in [0.3, 0.4) is 0 Å². The third kappa shape index (κ3) is 3.61. The lowest BCUT2D eigenvalue weighted by Crippen LogP contribution is -2.28. The summed E-state index contributed by atoms with van der Waals surface area (Å²) in [5, 5.41) is 15.1. The summed E-state index contributed by atoms with van der Waals surface area (Å²) in [5.74, 6) is -0.301. The van der Waals surface area contributed by atoms with Gasteiger partial charge in [0, 0.05) is 15.9 Å². The molecule has 20 heavy (non-hydrogen) atoms. The summed E-state index contributed by atoms with van der Waals surface area (Å²) in [4.78, 5) is 12.9. The molecular weight excluding hydrogens is 362 g/mol. The van der Waals surface area contributed by atoms with Gasteiger partial charge in [0.1, 0.15) is 6.10 Å². The molecule has 0 bridgehead atoms. The van der Waals surface area contributed by atoms with Crippen molar-refractivity contribution in [3.63, 3.8) is 0 Å². The average molecular weight is 375 g/mol. The highest BCUT2D eigenvalue weighted by molar-refractivity contribution is 9.10. The monoisotopic (exact) mass is 373 g/mol. The van der Waals surface area contributed by atoms with Gasteiger partial charge in [0.2, 0.25) is 0 Å². The maximum Gasteiger partial charge on any atom is 0.252 e. The van der Waals surface area contributed by atoms with Gasteiger partial charge in [-0.1, -0.05) is 27.5 Å². The van der Waals surface area contributed by atoms with Gasteiger partial charge < -0.3 is 10.4 Å². The van der Waals surface area contributed by atoms with Gasteiger partial charge in [0.05, 0.1) is 10.6 Å². The number of carbonyl (C=O) groups is 1. The number of halogens is 2. The van der Waals surface area contributed by atoms with Gasteiger partial charge in [-0.05, 0) is 42.1 Å². The van der Waals surface area contributed by atoms with Crippen LogP contribution in [0.15, 0.2) is 34.1 Å². The van der Waals surface area contributed by atoms with Crippen molar-refractivity contribution in [2.75, 3.05) is 6.54 Å². The number of hydrogen-bond acceptors (Lipinski definition) is 3. The average Bonchev–Trinajstić information content (AvgIpc) is 2.84. The molecule has 2 N–H and O–H groups in total. The molecule has 0 aliphatic heterocycles. The van der Waals surface area contributed by atoms with Crippen molar-refractivity contribution < 1.29 is 9.90 Å². The van der Waals surface area contributed by atoms with Crippen LogP contribution in [0.4, 0.5) is 0 Å². The van der Waals surface area contributed by atoms with Crippen LogP contribution in [-0.2, 0) is 0 Å². The predicted octanol–water partition coefficient (Wildman–Crippen LogP) is 3.94. The molecule has 0 aliphatic rings. The minimum atomic E-state index is -0.704. The number of aliphatic hydroxyl groups is 1. The Morgan fingerprint density at radius 2 is 2.25 bits per heavy atom. The number of hydrogen-bond donors (Lipinski definition) is 2. The van der Waals surface area contributed by atoms with Gasteiger partial charge in [-0.25, -0.2) is 0 Å². The Labute approximate surface area is 134 Å². The van der Waals surface area contributed by atoms with Crippen molar-refractivity contribution in [2.24, 2.45) is 0 Å². The first-order valence-electron chi connectivity index (χ1n) is 5.94. The molecule has 0 aliphatic carbocycles. The van der Waals surface area contributed by atoms with Crippen LogP contribution in [0.25, 0.3) is 0 Å². The van der Waals surface area contributed by atoms with Crippen molar-refractivity contribution in [3.05, 3.63) is 55.1 Å². The topological polar surface area (TPSA) is 49.3 Å². The summed E-state index contributed by atoms with van der Waals surface area (Å²) < 4.78 is 0.779. The van der Waals surface area contributed by atoms with Crippen LogP contribution in [0.1, 0.15) is 26.9 Å². The van der Waals surface area contributed by atoms with Crippen LogP contribution < -0.4 is 5.32 Å². The summed E-state index contributed by atoms with van der Waals surface area (Å²) in [6.45, 7) is 2.09. The fourth-order valence-electron chi connectivity index (χ4n) is 1.77. The first-order chi connectivity index (χ1) is 9.49. The second-order valence-corrected chi connectivity index (χ2v) is 6.59. The Balaban J connectivity index is 2.02. The molecule has 6 heteroatoms. The summed E-state index contributed by atoms with van der Waals surface area (Å²) in [7, 11) is 0. The number of aryl methyl sites for hydroxylation is 1. The molecule has 1 atom stereocenters. The molecule has 0 saturated carbocycles. The number of carbonyl (C=O) groups excluding carboxylic acids is 1. The first-order valence-corrected chi connectivity index (χ1v) is 7.99. The van der Waals surface area contributed by atoms with E-state index in [0.29, 0.717) is 10.6 Å². The molecule has 106 valence electrons. The van der Waals surface area contributed by atoms with E-state index in [1.165, 1.54) is 11.3 Å². The third-order valence-electron chi connectivity index (χ3n) is 2.83. The van der Waals surface area contributed by atoms with E-state index in [1.807, 2.05) is 18.4 Å². The highest BCUT2D eigenvalue weighted by Crippen LogP contribution is 2.24. The Kier molecular flexibility index (Phi) is 5.21. The van der Waals surface area contributed by atoms with E-state index in [1.54, 1.807) is 18.2 Å². The molecule has 0 radical (unpaired) electrons. The minimum absolute atomic E-state index is 0.156. The van der Waals surface area contributed by atoms with E-state index in [4.69, 9.17) is 11.6 Å². The van der Waals surface area contributed by atoms with Gasteiger partial charge in [-0.3, -0.25) is 4.79 Å². The van der Waals surface area contributed by atoms with Crippen LogP contribution in [0.2, 0.25) is 5.02 Å². The number of aliphatic hydroxyl groups excluding tert-OH is 1. The Bertz CT molecular complexity index is 629. The zero-order valence-electron chi connectivity index (χ0n) is 10.7. The normalized spacial score (nSPS) is 12.2. The van der Waals surface area contributed by atoms with Crippen LogP contribution in [0, 0.1) is 6.92 Å². The van der Waals surface area contributed by atoms with E-state index in [-0.39, 0.29) is 12.5 Å². The van der Waals surface area contributed by atoms with Crippen LogP contribution >= 0.6 is 38.9 Å². The zero-order valence-corrected chi connectivity index (χ0v) is 13.8. The quantitative estimate of drug-likeness (QED) is 0.851. The molecule has 0 saturated heterocycles. The number of nitrogens with one attached hydrogen (secondary N) is 1. The summed E-state index contributed by atoms with van der Waals surface area (Å²) in [6, 6.07) is 7.01. The molecule has 1 amide bonds. The Morgan fingerprint density at radius 1 is 1.50 bits per heavy atom. The molecule has 2 rings (SSSR count). The van der Waals surface area contributed by atoms with Crippen molar-refractivity contribution in [3.8, 4) is 0 Å². The lowest BCUT2D eigenvalue weighted by atomic mass is 10.2. The summed E-state index contributed by atoms with van der Waals surface area (Å²) in [6.07, 6.45) is -0.704. The second-order valence-electron chi connectivity index (χ2n) is 4.32. The molecule has 0 spiro atoms. The van der Waals surface area contributed by atoms with Gasteiger partial charge in [0.15, 0.2) is 0 Å². The Hall–Kier alpha value is -0.880. The van der Waals surface area contributed by atoms with Crippen molar-refractivity contribution in [1.82, 2.24) is 5.32 Å². The van der Waals surface area contributed by atoms with Crippen molar-refractivity contribution in [1.29, 1.82) is 0 Å². The standard InChI is InChI=1S/C14H13BrClNO2S/c1-8-4-5-20-13(8)12(18)7-17-14(19)10-6-9(15)2-3-11(10)16/h2-6,12,18H,7H2,1H3,(H,17,19). The largest absolute Gasteiger partial charge is 0.386 e. The van der Waals surface area contributed by atoms with Crippen molar-refractivity contribution >= 4 is 44.8 Å². The zero-order chi connectivity index (χ0) is 14.7. The van der Waals surface area contributed by atoms with E-state index in [9.17, 15) is 9.90 Å². The summed E-state index contributed by atoms with van der Waals surface area (Å²) in [5.41, 5.74) is 1.41. The molecule has 1 aromatic carbocycles. The smallest absolute Gasteiger partial charge is 0.252 e. The fourth-order valence-corrected chi connectivity index (χ4v) is 3.25. The third-order valence-corrected chi connectivity index (χ3v) is 4.78. The highest BCUT2D eigenvalue weighted by Gasteiger charge is 2.15. The second kappa shape index (κ2) is 6.72. The maximum atomic E-state index is 12.1. The van der Waals surface area contributed by atoms with Gasteiger partial charge in [-0.2, -0.15) is 0 Å². The van der Waals surface area contributed by atoms with Crippen molar-refractivity contribution in [2.45, 2.75) is 13.0 Å². The lowest BCUT2D eigenvalue weighted by molar-refractivity contribution is 0.0917. The van der Waals surface area contributed by atoms with E-state index in [2.05, 4.69) is 21.2 Å². The fraction of sp³-hybridized carbons (Fsp3) is 0.214. The van der Waals surface area contributed by atoms with E-state index in [0.717, 1.165) is 14.9 Å². The molecule has 2 aromatic rings. The van der Waals surface area contributed by atoms with Crippen LogP contribution in [0.5, 0.6) is 0 Å². The molecule has 1 unspecified atom stereocenters. The number of benzene rings is 1. The molecule has 1 aromatic heterocycles. The highest BCUT2D eigenvalue weighted by atomic mass is 79.9. The number of rotatable bonds is 4. The first kappa shape index (κ1) is 15.5. The molecule has 3 nitrogen and oxygen atoms in total. The minimum Gasteiger partial charge on any atom is -0.386 e. The Morgan fingerprint density at radius 3 is 2.90 bits per heavy atom. The lowest BCUT2D eigenvalue weighted by Gasteiger charge is -2.12. The van der Waals surface area contributed by atoms with Gasteiger partial charge >= 0.3 is 0 Å². The molecule has 1 heterocycles. The maximum absolute atomic E-state index is 12.1. The van der Waals surface area contributed by atoms with Gasteiger partial charge in [-0.15, -0.1) is 11.3 Å². The van der Waals surface area contributed by atoms with Crippen LogP contribution in [-0.4, -0.2) is 17.6 Å². The van der Waals surface area contributed by atoms with E-state index < -0.39 is 6.10 Å². The van der Waals surface area contributed by atoms with E-state index >= 15 is 0 Å². The number of amides is 1. The molecule has 0 fully saturated rings. The van der Waals surface area contributed by atoms with Gasteiger partial charge in [0.25, 0.3) is 5.91 Å². The molecular formula is C14H13BrClNO2S.